The van der Waals surface area contributed by atoms with E-state index in [1.807, 2.05) is 0 Å². The molecule has 2 N–H and O–H groups in total. The summed E-state index contributed by atoms with van der Waals surface area (Å²) in [5.41, 5.74) is 2.84. The van der Waals surface area contributed by atoms with Gasteiger partial charge < -0.3 is 5.11 Å². The molecule has 0 aliphatic heterocycles. The Morgan fingerprint density at radius 2 is 2.15 bits per heavy atom. The Bertz CT molecular complexity index is 688. The normalized spacial score (nSPS) is 10.9. The van der Waals surface area contributed by atoms with E-state index in [1.54, 1.807) is 24.3 Å². The summed E-state index contributed by atoms with van der Waals surface area (Å²) in [7, 11) is 0. The van der Waals surface area contributed by atoms with E-state index < -0.39 is 0 Å². The Labute approximate surface area is 140 Å². The van der Waals surface area contributed by atoms with Gasteiger partial charge in [0.05, 0.1) is 19.9 Å². The van der Waals surface area contributed by atoms with Crippen molar-refractivity contribution < 1.29 is 9.90 Å². The fraction of sp³-hybridized carbons (Fsp3) is 0. The van der Waals surface area contributed by atoms with E-state index >= 15 is 0 Å². The number of nitrogens with one attached hydrogen (secondary N) is 1. The van der Waals surface area contributed by atoms with Crippen LogP contribution in [0.2, 0.25) is 4.34 Å². The van der Waals surface area contributed by atoms with Crippen molar-refractivity contribution in [3.8, 4) is 5.75 Å². The Hall–Kier alpha value is -0.890. The molecule has 0 saturated carbocycles. The fourth-order valence-electron chi connectivity index (χ4n) is 1.34. The molecule has 1 aromatic carbocycles. The highest BCUT2D eigenvalue weighted by molar-refractivity contribution is 9.11. The van der Waals surface area contributed by atoms with Crippen LogP contribution in [0, 0.1) is 0 Å². The standard InChI is InChI=1S/C12H7Br2ClN2O2S/c13-7-3-6(11(18)8(14)4-7)5-16-17-12(19)9-1-2-10(15)20-9/h1-5,18H,(H,17,19)/b16-5+. The molecule has 1 aromatic heterocycles. The Balaban J connectivity index is 2.09. The molecule has 4 nitrogen and oxygen atoms in total. The molecular weight excluding hydrogens is 431 g/mol. The minimum absolute atomic E-state index is 0.0466. The Kier molecular flexibility index (Phi) is 5.20. The molecule has 0 saturated heterocycles. The second kappa shape index (κ2) is 6.71. The van der Waals surface area contributed by atoms with Crippen molar-refractivity contribution >= 4 is 66.9 Å². The lowest BCUT2D eigenvalue weighted by atomic mass is 10.2. The summed E-state index contributed by atoms with van der Waals surface area (Å²) in [6.07, 6.45) is 1.36. The molecule has 104 valence electrons. The molecule has 0 aliphatic carbocycles. The lowest BCUT2D eigenvalue weighted by Gasteiger charge is -2.02. The third-order valence-corrected chi connectivity index (χ3v) is 4.52. The van der Waals surface area contributed by atoms with Crippen molar-refractivity contribution in [2.24, 2.45) is 5.10 Å². The first-order chi connectivity index (χ1) is 9.47. The molecule has 0 unspecified atom stereocenters. The second-order valence-electron chi connectivity index (χ2n) is 3.63. The lowest BCUT2D eigenvalue weighted by molar-refractivity contribution is 0.0959. The first kappa shape index (κ1) is 15.5. The van der Waals surface area contributed by atoms with Gasteiger partial charge in [-0.2, -0.15) is 5.10 Å². The van der Waals surface area contributed by atoms with E-state index in [-0.39, 0.29) is 11.7 Å². The Morgan fingerprint density at radius 3 is 2.80 bits per heavy atom. The number of amides is 1. The highest BCUT2D eigenvalue weighted by atomic mass is 79.9. The van der Waals surface area contributed by atoms with Gasteiger partial charge in [-0.3, -0.25) is 4.79 Å². The van der Waals surface area contributed by atoms with E-state index in [4.69, 9.17) is 11.6 Å². The Morgan fingerprint density at radius 1 is 1.40 bits per heavy atom. The number of phenols is 1. The maximum absolute atomic E-state index is 11.7. The molecule has 2 aromatic rings. The molecule has 1 heterocycles. The zero-order chi connectivity index (χ0) is 14.7. The van der Waals surface area contributed by atoms with Crippen LogP contribution >= 0.6 is 54.8 Å². The van der Waals surface area contributed by atoms with Gasteiger partial charge in [-0.1, -0.05) is 27.5 Å². The maximum atomic E-state index is 11.7. The van der Waals surface area contributed by atoms with Crippen molar-refractivity contribution in [3.05, 3.63) is 48.0 Å². The van der Waals surface area contributed by atoms with Crippen LogP contribution < -0.4 is 5.43 Å². The molecule has 20 heavy (non-hydrogen) atoms. The number of aromatic hydroxyl groups is 1. The number of nitrogens with zero attached hydrogens (tertiary/aromatic N) is 1. The largest absolute Gasteiger partial charge is 0.506 e. The monoisotopic (exact) mass is 436 g/mol. The van der Waals surface area contributed by atoms with Crippen LogP contribution in [0.15, 0.2) is 38.3 Å². The molecule has 0 spiro atoms. The minimum Gasteiger partial charge on any atom is -0.506 e. The number of hydrogen-bond donors (Lipinski definition) is 2. The molecular formula is C12H7Br2ClN2O2S. The number of carbonyl (C=O) groups excluding carboxylic acids is 1. The topological polar surface area (TPSA) is 61.7 Å². The van der Waals surface area contributed by atoms with Crippen LogP contribution in [-0.2, 0) is 0 Å². The quantitative estimate of drug-likeness (QED) is 0.551. The molecule has 0 bridgehead atoms. The summed E-state index contributed by atoms with van der Waals surface area (Å²) in [4.78, 5) is 12.2. The van der Waals surface area contributed by atoms with E-state index in [0.29, 0.717) is 19.2 Å². The molecule has 2 rings (SSSR count). The van der Waals surface area contributed by atoms with E-state index in [1.165, 1.54) is 17.6 Å². The smallest absolute Gasteiger partial charge is 0.281 e. The van der Waals surface area contributed by atoms with Crippen LogP contribution in [0.4, 0.5) is 0 Å². The predicted molar refractivity (Wildman–Crippen MR) is 87.9 cm³/mol. The van der Waals surface area contributed by atoms with E-state index in [0.717, 1.165) is 4.47 Å². The van der Waals surface area contributed by atoms with Crippen LogP contribution in [0.3, 0.4) is 0 Å². The highest BCUT2D eigenvalue weighted by Gasteiger charge is 2.08. The van der Waals surface area contributed by atoms with Gasteiger partial charge in [0.2, 0.25) is 0 Å². The van der Waals surface area contributed by atoms with Crippen LogP contribution in [0.25, 0.3) is 0 Å². The number of benzene rings is 1. The van der Waals surface area contributed by atoms with Crippen molar-refractivity contribution in [1.29, 1.82) is 0 Å². The van der Waals surface area contributed by atoms with E-state index in [2.05, 4.69) is 42.4 Å². The third-order valence-electron chi connectivity index (χ3n) is 2.22. The second-order valence-corrected chi connectivity index (χ2v) is 7.11. The number of rotatable bonds is 3. The molecule has 8 heteroatoms. The molecule has 0 fully saturated rings. The van der Waals surface area contributed by atoms with Crippen molar-refractivity contribution in [3.63, 3.8) is 0 Å². The summed E-state index contributed by atoms with van der Waals surface area (Å²) in [5, 5.41) is 13.6. The number of hydrazone groups is 1. The number of phenolic OH excluding ortho intramolecular Hbond substituents is 1. The van der Waals surface area contributed by atoms with Gasteiger partial charge in [0.25, 0.3) is 5.91 Å². The van der Waals surface area contributed by atoms with Crippen LogP contribution in [0.1, 0.15) is 15.2 Å². The molecule has 0 atom stereocenters. The number of thiophene rings is 1. The first-order valence-corrected chi connectivity index (χ1v) is 8.02. The van der Waals surface area contributed by atoms with E-state index in [9.17, 15) is 9.90 Å². The minimum atomic E-state index is -0.355. The summed E-state index contributed by atoms with van der Waals surface area (Å²) in [6, 6.07) is 6.64. The molecule has 1 amide bonds. The fourth-order valence-corrected chi connectivity index (χ4v) is 3.53. The van der Waals surface area contributed by atoms with Crippen LogP contribution in [0.5, 0.6) is 5.75 Å². The van der Waals surface area contributed by atoms with Crippen molar-refractivity contribution in [2.45, 2.75) is 0 Å². The number of carbonyl (C=O) groups is 1. The maximum Gasteiger partial charge on any atom is 0.281 e. The average Bonchev–Trinajstić information content (AvgIpc) is 2.81. The average molecular weight is 439 g/mol. The van der Waals surface area contributed by atoms with Gasteiger partial charge in [-0.15, -0.1) is 11.3 Å². The van der Waals surface area contributed by atoms with Gasteiger partial charge in [0, 0.05) is 10.0 Å². The third kappa shape index (κ3) is 3.82. The summed E-state index contributed by atoms with van der Waals surface area (Å²) >= 11 is 13.4. The lowest BCUT2D eigenvalue weighted by Crippen LogP contribution is -2.16. The van der Waals surface area contributed by atoms with Gasteiger partial charge in [-0.25, -0.2) is 5.43 Å². The SMILES string of the molecule is O=C(N/N=C/c1cc(Br)cc(Br)c1O)c1ccc(Cl)s1. The van der Waals surface area contributed by atoms with Gasteiger partial charge >= 0.3 is 0 Å². The first-order valence-electron chi connectivity index (χ1n) is 5.24. The zero-order valence-electron chi connectivity index (χ0n) is 9.73. The molecule has 0 radical (unpaired) electrons. The highest BCUT2D eigenvalue weighted by Crippen LogP contribution is 2.30. The predicted octanol–water partition coefficient (Wildman–Crippen LogP) is 4.40. The summed E-state index contributed by atoms with van der Waals surface area (Å²) in [5.74, 6) is -0.308. The zero-order valence-corrected chi connectivity index (χ0v) is 14.5. The number of halogens is 3. The van der Waals surface area contributed by atoms with Crippen molar-refractivity contribution in [2.75, 3.05) is 0 Å². The summed E-state index contributed by atoms with van der Waals surface area (Å²) < 4.78 is 1.84. The van der Waals surface area contributed by atoms with Crippen molar-refractivity contribution in [1.82, 2.24) is 5.43 Å². The van der Waals surface area contributed by atoms with Gasteiger partial charge in [0.1, 0.15) is 5.75 Å². The number of hydrogen-bond acceptors (Lipinski definition) is 4. The summed E-state index contributed by atoms with van der Waals surface area (Å²) in [6.45, 7) is 0. The van der Waals surface area contributed by atoms with Crippen LogP contribution in [-0.4, -0.2) is 17.2 Å². The molecule has 0 aliphatic rings. The van der Waals surface area contributed by atoms with Gasteiger partial charge in [0.15, 0.2) is 0 Å². The van der Waals surface area contributed by atoms with Gasteiger partial charge in [-0.05, 0) is 40.2 Å².